The molecule has 1 aliphatic heterocycles. The molecule has 1 unspecified atom stereocenters. The molecule has 0 amide bonds. The largest absolute Gasteiger partial charge is 0.316 e. The molecule has 1 aromatic rings. The van der Waals surface area contributed by atoms with Crippen molar-refractivity contribution < 1.29 is 8.42 Å². The lowest BCUT2D eigenvalue weighted by molar-refractivity contribution is 0.464. The third-order valence-electron chi connectivity index (χ3n) is 3.77. The van der Waals surface area contributed by atoms with Gasteiger partial charge in [0.1, 0.15) is 0 Å². The van der Waals surface area contributed by atoms with Crippen molar-refractivity contribution in [3.63, 3.8) is 0 Å². The Hall–Kier alpha value is -0.910. The molecule has 1 aliphatic rings. The van der Waals surface area contributed by atoms with E-state index >= 15 is 0 Å². The standard InChI is InChI=1S/C14H22N2O2S/c1-11-7-8-16(10-11)19(17,18)14-6-4-5-13(9-15-3)12(14)2/h4-6,11,15H,7-10H2,1-3H3. The molecular formula is C14H22N2O2S. The Morgan fingerprint density at radius 2 is 2.16 bits per heavy atom. The van der Waals surface area contributed by atoms with E-state index < -0.39 is 10.0 Å². The second-order valence-corrected chi connectivity index (χ2v) is 7.23. The van der Waals surface area contributed by atoms with Crippen molar-refractivity contribution in [1.29, 1.82) is 0 Å². The first-order chi connectivity index (χ1) is 8.96. The minimum absolute atomic E-state index is 0.453. The average molecular weight is 282 g/mol. The van der Waals surface area contributed by atoms with Crippen LogP contribution in [0.25, 0.3) is 0 Å². The lowest BCUT2D eigenvalue weighted by Crippen LogP contribution is -2.29. The molecule has 1 N–H and O–H groups in total. The molecule has 0 saturated carbocycles. The van der Waals surface area contributed by atoms with Crippen molar-refractivity contribution in [2.45, 2.75) is 31.7 Å². The number of sulfonamides is 1. The SMILES string of the molecule is CNCc1cccc(S(=O)(=O)N2CCC(C)C2)c1C. The summed E-state index contributed by atoms with van der Waals surface area (Å²) in [5.74, 6) is 0.454. The smallest absolute Gasteiger partial charge is 0.243 e. The predicted molar refractivity (Wildman–Crippen MR) is 76.5 cm³/mol. The lowest BCUT2D eigenvalue weighted by atomic mass is 10.1. The maximum Gasteiger partial charge on any atom is 0.243 e. The first kappa shape index (κ1) is 14.5. The summed E-state index contributed by atoms with van der Waals surface area (Å²) in [6.45, 7) is 5.95. The van der Waals surface area contributed by atoms with Gasteiger partial charge in [0.15, 0.2) is 0 Å². The molecule has 0 radical (unpaired) electrons. The molecule has 1 saturated heterocycles. The van der Waals surface area contributed by atoms with E-state index in [4.69, 9.17) is 0 Å². The Bertz CT molecular complexity index is 555. The Kier molecular flexibility index (Phi) is 4.28. The highest BCUT2D eigenvalue weighted by molar-refractivity contribution is 7.89. The normalized spacial score (nSPS) is 20.9. The molecule has 0 aliphatic carbocycles. The van der Waals surface area contributed by atoms with Gasteiger partial charge in [-0.1, -0.05) is 19.1 Å². The van der Waals surface area contributed by atoms with E-state index in [1.807, 2.05) is 26.1 Å². The molecule has 1 atom stereocenters. The zero-order chi connectivity index (χ0) is 14.0. The topological polar surface area (TPSA) is 49.4 Å². The maximum absolute atomic E-state index is 12.7. The van der Waals surface area contributed by atoms with Crippen LogP contribution >= 0.6 is 0 Å². The third-order valence-corrected chi connectivity index (χ3v) is 5.78. The van der Waals surface area contributed by atoms with Crippen LogP contribution in [0.1, 0.15) is 24.5 Å². The van der Waals surface area contributed by atoms with Gasteiger partial charge in [-0.15, -0.1) is 0 Å². The molecular weight excluding hydrogens is 260 g/mol. The van der Waals surface area contributed by atoms with Crippen LogP contribution in [0.5, 0.6) is 0 Å². The fourth-order valence-electron chi connectivity index (χ4n) is 2.57. The van der Waals surface area contributed by atoms with E-state index in [9.17, 15) is 8.42 Å². The van der Waals surface area contributed by atoms with E-state index in [0.29, 0.717) is 30.4 Å². The second-order valence-electron chi connectivity index (χ2n) is 5.33. The van der Waals surface area contributed by atoms with Crippen molar-refractivity contribution in [3.05, 3.63) is 29.3 Å². The minimum Gasteiger partial charge on any atom is -0.316 e. The van der Waals surface area contributed by atoms with Gasteiger partial charge in [0.25, 0.3) is 0 Å². The summed E-state index contributed by atoms with van der Waals surface area (Å²) in [5, 5.41) is 3.07. The number of nitrogens with zero attached hydrogens (tertiary/aromatic N) is 1. The Balaban J connectivity index is 2.38. The number of nitrogens with one attached hydrogen (secondary N) is 1. The van der Waals surface area contributed by atoms with Crippen LogP contribution in [0, 0.1) is 12.8 Å². The zero-order valence-electron chi connectivity index (χ0n) is 11.8. The van der Waals surface area contributed by atoms with E-state index in [-0.39, 0.29) is 0 Å². The van der Waals surface area contributed by atoms with Crippen molar-refractivity contribution >= 4 is 10.0 Å². The Labute approximate surface area is 115 Å². The highest BCUT2D eigenvalue weighted by atomic mass is 32.2. The summed E-state index contributed by atoms with van der Waals surface area (Å²) >= 11 is 0. The van der Waals surface area contributed by atoms with Gasteiger partial charge < -0.3 is 5.32 Å². The fourth-order valence-corrected chi connectivity index (χ4v) is 4.42. The van der Waals surface area contributed by atoms with Crippen molar-refractivity contribution in [3.8, 4) is 0 Å². The lowest BCUT2D eigenvalue weighted by Gasteiger charge is -2.19. The molecule has 0 bridgehead atoms. The number of rotatable bonds is 4. The minimum atomic E-state index is -3.34. The molecule has 1 heterocycles. The molecule has 0 spiro atoms. The monoisotopic (exact) mass is 282 g/mol. The molecule has 19 heavy (non-hydrogen) atoms. The molecule has 1 aromatic carbocycles. The number of hydrogen-bond acceptors (Lipinski definition) is 3. The van der Waals surface area contributed by atoms with Gasteiger partial charge in [0.2, 0.25) is 10.0 Å². The summed E-state index contributed by atoms with van der Waals surface area (Å²) in [7, 11) is -1.47. The van der Waals surface area contributed by atoms with Crippen LogP contribution in [-0.2, 0) is 16.6 Å². The molecule has 4 nitrogen and oxygen atoms in total. The second kappa shape index (κ2) is 5.61. The van der Waals surface area contributed by atoms with Crippen LogP contribution in [0.2, 0.25) is 0 Å². The summed E-state index contributed by atoms with van der Waals surface area (Å²) < 4.78 is 26.9. The summed E-state index contributed by atoms with van der Waals surface area (Å²) in [6.07, 6.45) is 0.953. The van der Waals surface area contributed by atoms with Crippen LogP contribution in [0.3, 0.4) is 0 Å². The predicted octanol–water partition coefficient (Wildman–Crippen LogP) is 1.74. The third kappa shape index (κ3) is 2.83. The average Bonchev–Trinajstić information content (AvgIpc) is 2.79. The zero-order valence-corrected chi connectivity index (χ0v) is 12.6. The van der Waals surface area contributed by atoms with E-state index in [1.165, 1.54) is 0 Å². The van der Waals surface area contributed by atoms with Gasteiger partial charge in [0.05, 0.1) is 4.90 Å². The van der Waals surface area contributed by atoms with Gasteiger partial charge in [0, 0.05) is 19.6 Å². The Morgan fingerprint density at radius 1 is 1.42 bits per heavy atom. The van der Waals surface area contributed by atoms with Gasteiger partial charge in [-0.25, -0.2) is 8.42 Å². The highest BCUT2D eigenvalue weighted by Crippen LogP contribution is 2.27. The maximum atomic E-state index is 12.7. The van der Waals surface area contributed by atoms with Crippen molar-refractivity contribution in [1.82, 2.24) is 9.62 Å². The first-order valence-corrected chi connectivity index (χ1v) is 8.14. The van der Waals surface area contributed by atoms with Crippen molar-refractivity contribution in [2.75, 3.05) is 20.1 Å². The summed E-state index contributed by atoms with van der Waals surface area (Å²) in [6, 6.07) is 5.51. The van der Waals surface area contributed by atoms with Gasteiger partial charge >= 0.3 is 0 Å². The number of hydrogen-bond donors (Lipinski definition) is 1. The Morgan fingerprint density at radius 3 is 2.74 bits per heavy atom. The highest BCUT2D eigenvalue weighted by Gasteiger charge is 2.31. The molecule has 0 aromatic heterocycles. The van der Waals surface area contributed by atoms with Crippen molar-refractivity contribution in [2.24, 2.45) is 5.92 Å². The first-order valence-electron chi connectivity index (χ1n) is 6.70. The van der Waals surface area contributed by atoms with E-state index in [0.717, 1.165) is 17.5 Å². The van der Waals surface area contributed by atoms with E-state index in [1.54, 1.807) is 10.4 Å². The van der Waals surface area contributed by atoms with E-state index in [2.05, 4.69) is 12.2 Å². The molecule has 5 heteroatoms. The fraction of sp³-hybridized carbons (Fsp3) is 0.571. The van der Waals surface area contributed by atoms with Crippen LogP contribution in [0.15, 0.2) is 23.1 Å². The molecule has 1 fully saturated rings. The van der Waals surface area contributed by atoms with Crippen LogP contribution in [0.4, 0.5) is 0 Å². The number of benzene rings is 1. The summed E-state index contributed by atoms with van der Waals surface area (Å²) in [4.78, 5) is 0.453. The van der Waals surface area contributed by atoms with Gasteiger partial charge in [-0.05, 0) is 43.5 Å². The summed E-state index contributed by atoms with van der Waals surface area (Å²) in [5.41, 5.74) is 1.90. The van der Waals surface area contributed by atoms with Crippen LogP contribution in [-0.4, -0.2) is 32.9 Å². The molecule has 2 rings (SSSR count). The van der Waals surface area contributed by atoms with Crippen LogP contribution < -0.4 is 5.32 Å². The van der Waals surface area contributed by atoms with Gasteiger partial charge in [-0.2, -0.15) is 4.31 Å². The van der Waals surface area contributed by atoms with Gasteiger partial charge in [-0.3, -0.25) is 0 Å². The quantitative estimate of drug-likeness (QED) is 0.915. The molecule has 106 valence electrons.